The number of nitriles is 1. The fourth-order valence-electron chi connectivity index (χ4n) is 3.19. The van der Waals surface area contributed by atoms with Gasteiger partial charge in [0.2, 0.25) is 0 Å². The molecule has 0 saturated heterocycles. The first-order valence-electron chi connectivity index (χ1n) is 9.82. The van der Waals surface area contributed by atoms with Crippen molar-refractivity contribution in [2.45, 2.75) is 26.5 Å². The quantitative estimate of drug-likeness (QED) is 0.393. The largest absolute Gasteiger partial charge is 0.493 e. The highest BCUT2D eigenvalue weighted by Crippen LogP contribution is 2.38. The van der Waals surface area contributed by atoms with Crippen molar-refractivity contribution in [2.75, 3.05) is 7.11 Å². The number of nitrogens with one attached hydrogen (secondary N) is 1. The standard InChI is InChI=1S/C25H23ClN2O3/c1-16(2)28-25(29)20(14-27)11-17-12-22(26)24(23(13-17)30-3)31-15-19-9-6-8-18-7-4-5-10-21(18)19/h4-13,16H,15H2,1-3H3,(H,28,29)/b20-11-. The fraction of sp³-hybridized carbons (Fsp3) is 0.200. The normalized spacial score (nSPS) is 11.3. The number of ether oxygens (including phenoxy) is 2. The Bertz CT molecular complexity index is 1170. The van der Waals surface area contributed by atoms with Crippen LogP contribution in [-0.2, 0) is 11.4 Å². The molecule has 0 fully saturated rings. The molecule has 0 heterocycles. The van der Waals surface area contributed by atoms with Crippen LogP contribution < -0.4 is 14.8 Å². The predicted octanol–water partition coefficient (Wildman–Crippen LogP) is 5.51. The van der Waals surface area contributed by atoms with Gasteiger partial charge >= 0.3 is 0 Å². The highest BCUT2D eigenvalue weighted by molar-refractivity contribution is 6.32. The summed E-state index contributed by atoms with van der Waals surface area (Å²) >= 11 is 6.47. The molecule has 0 unspecified atom stereocenters. The second kappa shape index (κ2) is 10.0. The molecular formula is C25H23ClN2O3. The Balaban J connectivity index is 1.88. The molecule has 0 radical (unpaired) electrons. The zero-order valence-electron chi connectivity index (χ0n) is 17.6. The minimum atomic E-state index is -0.441. The van der Waals surface area contributed by atoms with Crippen LogP contribution in [0.15, 0.2) is 60.2 Å². The molecule has 5 nitrogen and oxygen atoms in total. The Kier molecular flexibility index (Phi) is 7.17. The summed E-state index contributed by atoms with van der Waals surface area (Å²) < 4.78 is 11.5. The van der Waals surface area contributed by atoms with Gasteiger partial charge in [0.15, 0.2) is 11.5 Å². The van der Waals surface area contributed by atoms with Gasteiger partial charge in [0.05, 0.1) is 12.1 Å². The van der Waals surface area contributed by atoms with E-state index in [4.69, 9.17) is 21.1 Å². The molecule has 0 aliphatic carbocycles. The Morgan fingerprint density at radius 3 is 2.65 bits per heavy atom. The van der Waals surface area contributed by atoms with Crippen molar-refractivity contribution in [3.05, 3.63) is 76.3 Å². The summed E-state index contributed by atoms with van der Waals surface area (Å²) in [4.78, 5) is 12.2. The van der Waals surface area contributed by atoms with E-state index in [1.54, 1.807) is 12.1 Å². The van der Waals surface area contributed by atoms with Gasteiger partial charge in [-0.15, -0.1) is 0 Å². The zero-order valence-corrected chi connectivity index (χ0v) is 18.4. The summed E-state index contributed by atoms with van der Waals surface area (Å²) in [6.07, 6.45) is 1.47. The van der Waals surface area contributed by atoms with E-state index < -0.39 is 5.91 Å². The van der Waals surface area contributed by atoms with Gasteiger partial charge in [-0.1, -0.05) is 54.1 Å². The van der Waals surface area contributed by atoms with Gasteiger partial charge in [0.25, 0.3) is 5.91 Å². The van der Waals surface area contributed by atoms with Crippen molar-refractivity contribution < 1.29 is 14.3 Å². The van der Waals surface area contributed by atoms with Crippen LogP contribution in [0.1, 0.15) is 25.0 Å². The number of hydrogen-bond donors (Lipinski definition) is 1. The van der Waals surface area contributed by atoms with Crippen molar-refractivity contribution in [1.29, 1.82) is 5.26 Å². The summed E-state index contributed by atoms with van der Waals surface area (Å²) in [6, 6.07) is 19.3. The van der Waals surface area contributed by atoms with Crippen LogP contribution in [0, 0.1) is 11.3 Å². The van der Waals surface area contributed by atoms with Crippen LogP contribution in [0.3, 0.4) is 0 Å². The first-order chi connectivity index (χ1) is 14.9. The summed E-state index contributed by atoms with van der Waals surface area (Å²) in [5, 5.41) is 14.6. The van der Waals surface area contributed by atoms with Crippen LogP contribution in [0.2, 0.25) is 5.02 Å². The molecule has 0 aliphatic rings. The van der Waals surface area contributed by atoms with E-state index in [9.17, 15) is 10.1 Å². The van der Waals surface area contributed by atoms with Gasteiger partial charge in [0, 0.05) is 6.04 Å². The van der Waals surface area contributed by atoms with Crippen LogP contribution in [0.4, 0.5) is 0 Å². The number of nitrogens with zero attached hydrogens (tertiary/aromatic N) is 1. The maximum absolute atomic E-state index is 12.2. The molecule has 0 aromatic heterocycles. The molecule has 3 aromatic rings. The van der Waals surface area contributed by atoms with Gasteiger partial charge in [-0.2, -0.15) is 5.26 Å². The van der Waals surface area contributed by atoms with Crippen molar-refractivity contribution in [3.63, 3.8) is 0 Å². The molecule has 0 atom stereocenters. The molecule has 0 bridgehead atoms. The van der Waals surface area contributed by atoms with E-state index in [0.29, 0.717) is 28.7 Å². The number of methoxy groups -OCH3 is 1. The average Bonchev–Trinajstić information content (AvgIpc) is 2.75. The molecular weight excluding hydrogens is 412 g/mol. The Labute approximate surface area is 186 Å². The summed E-state index contributed by atoms with van der Waals surface area (Å²) in [6.45, 7) is 3.97. The van der Waals surface area contributed by atoms with Crippen molar-refractivity contribution in [1.82, 2.24) is 5.32 Å². The minimum Gasteiger partial charge on any atom is -0.493 e. The molecule has 3 aromatic carbocycles. The van der Waals surface area contributed by atoms with Crippen molar-refractivity contribution >= 4 is 34.4 Å². The molecule has 158 valence electrons. The minimum absolute atomic E-state index is 0.0174. The van der Waals surface area contributed by atoms with E-state index in [0.717, 1.165) is 16.3 Å². The van der Waals surface area contributed by atoms with Gasteiger partial charge in [0.1, 0.15) is 18.2 Å². The molecule has 0 aliphatic heterocycles. The van der Waals surface area contributed by atoms with Gasteiger partial charge in [-0.25, -0.2) is 0 Å². The Hall–Kier alpha value is -3.49. The lowest BCUT2D eigenvalue weighted by Crippen LogP contribution is -2.30. The van der Waals surface area contributed by atoms with Gasteiger partial charge in [-0.3, -0.25) is 4.79 Å². The Morgan fingerprint density at radius 1 is 1.19 bits per heavy atom. The summed E-state index contributed by atoms with van der Waals surface area (Å²) in [5.74, 6) is 0.379. The lowest BCUT2D eigenvalue weighted by Gasteiger charge is -2.15. The number of carbonyl (C=O) groups excluding carboxylic acids is 1. The predicted molar refractivity (Wildman–Crippen MR) is 123 cm³/mol. The molecule has 1 N–H and O–H groups in total. The van der Waals surface area contributed by atoms with E-state index in [1.807, 2.05) is 50.2 Å². The number of hydrogen-bond acceptors (Lipinski definition) is 4. The maximum atomic E-state index is 12.2. The number of fused-ring (bicyclic) bond motifs is 1. The van der Waals surface area contributed by atoms with Crippen LogP contribution >= 0.6 is 11.6 Å². The van der Waals surface area contributed by atoms with Crippen molar-refractivity contribution in [3.8, 4) is 17.6 Å². The van der Waals surface area contributed by atoms with E-state index >= 15 is 0 Å². The lowest BCUT2D eigenvalue weighted by molar-refractivity contribution is -0.117. The smallest absolute Gasteiger partial charge is 0.262 e. The third-order valence-electron chi connectivity index (χ3n) is 4.60. The second-order valence-corrected chi connectivity index (χ2v) is 7.67. The number of carbonyl (C=O) groups is 1. The molecule has 1 amide bonds. The van der Waals surface area contributed by atoms with Gasteiger partial charge in [-0.05, 0) is 54.0 Å². The Morgan fingerprint density at radius 2 is 1.94 bits per heavy atom. The lowest BCUT2D eigenvalue weighted by atomic mass is 10.1. The van der Waals surface area contributed by atoms with Crippen LogP contribution in [0.5, 0.6) is 11.5 Å². The molecule has 0 spiro atoms. The first kappa shape index (κ1) is 22.2. The van der Waals surface area contributed by atoms with Crippen molar-refractivity contribution in [2.24, 2.45) is 0 Å². The van der Waals surface area contributed by atoms with E-state index in [-0.39, 0.29) is 11.6 Å². The van der Waals surface area contributed by atoms with Crippen LogP contribution in [-0.4, -0.2) is 19.1 Å². The first-order valence-corrected chi connectivity index (χ1v) is 10.2. The molecule has 0 saturated carbocycles. The van der Waals surface area contributed by atoms with Gasteiger partial charge < -0.3 is 14.8 Å². The number of amides is 1. The number of rotatable bonds is 7. The monoisotopic (exact) mass is 434 g/mol. The van der Waals surface area contributed by atoms with Crippen LogP contribution in [0.25, 0.3) is 16.8 Å². The number of benzene rings is 3. The average molecular weight is 435 g/mol. The highest BCUT2D eigenvalue weighted by Gasteiger charge is 2.15. The highest BCUT2D eigenvalue weighted by atomic mass is 35.5. The van der Waals surface area contributed by atoms with E-state index in [2.05, 4.69) is 17.4 Å². The zero-order chi connectivity index (χ0) is 22.4. The summed E-state index contributed by atoms with van der Waals surface area (Å²) in [7, 11) is 1.51. The molecule has 6 heteroatoms. The maximum Gasteiger partial charge on any atom is 0.262 e. The third-order valence-corrected chi connectivity index (χ3v) is 4.88. The SMILES string of the molecule is COc1cc(/C=C(/C#N)C(=O)NC(C)C)cc(Cl)c1OCc1cccc2ccccc12. The van der Waals surface area contributed by atoms with E-state index in [1.165, 1.54) is 13.2 Å². The molecule has 3 rings (SSSR count). The molecule has 31 heavy (non-hydrogen) atoms. The third kappa shape index (κ3) is 5.36. The second-order valence-electron chi connectivity index (χ2n) is 7.26. The summed E-state index contributed by atoms with van der Waals surface area (Å²) in [5.41, 5.74) is 1.57. The number of halogens is 1. The fourth-order valence-corrected chi connectivity index (χ4v) is 3.46. The topological polar surface area (TPSA) is 71.3 Å².